The lowest BCUT2D eigenvalue weighted by Gasteiger charge is -2.03. The van der Waals surface area contributed by atoms with E-state index >= 15 is 0 Å². The molecule has 0 spiro atoms. The molecule has 3 rings (SSSR count). The van der Waals surface area contributed by atoms with Crippen molar-refractivity contribution in [2.45, 2.75) is 19.9 Å². The maximum absolute atomic E-state index is 5.25. The highest BCUT2D eigenvalue weighted by molar-refractivity contribution is 5.54. The number of hydrogen-bond donors (Lipinski definition) is 0. The molecule has 0 fully saturated rings. The topological polar surface area (TPSA) is 56.7 Å². The molecule has 96 valence electrons. The highest BCUT2D eigenvalue weighted by Crippen LogP contribution is 2.19. The van der Waals surface area contributed by atoms with Crippen LogP contribution in [0.4, 0.5) is 0 Å². The van der Waals surface area contributed by atoms with Gasteiger partial charge in [0.2, 0.25) is 0 Å². The van der Waals surface area contributed by atoms with Crippen molar-refractivity contribution in [1.82, 2.24) is 19.9 Å². The Morgan fingerprint density at radius 2 is 2.21 bits per heavy atom. The van der Waals surface area contributed by atoms with Gasteiger partial charge in [0.1, 0.15) is 0 Å². The van der Waals surface area contributed by atoms with E-state index in [-0.39, 0.29) is 0 Å². The smallest absolute Gasteiger partial charge is 0.257 e. The first-order chi connectivity index (χ1) is 9.35. The second-order valence-corrected chi connectivity index (χ2v) is 4.27. The molecular formula is C14H14N4O. The molecule has 0 saturated carbocycles. The molecule has 2 aromatic heterocycles. The second kappa shape index (κ2) is 5.06. The normalized spacial score (nSPS) is 10.8. The molecule has 1 aromatic carbocycles. The maximum Gasteiger partial charge on any atom is 0.257 e. The van der Waals surface area contributed by atoms with Gasteiger partial charge in [0, 0.05) is 24.4 Å². The van der Waals surface area contributed by atoms with Crippen LogP contribution in [-0.4, -0.2) is 19.9 Å². The van der Waals surface area contributed by atoms with Crippen molar-refractivity contribution in [2.24, 2.45) is 0 Å². The van der Waals surface area contributed by atoms with Crippen molar-refractivity contribution in [2.75, 3.05) is 0 Å². The first-order valence-corrected chi connectivity index (χ1v) is 6.24. The third-order valence-corrected chi connectivity index (χ3v) is 2.86. The average Bonchev–Trinajstić information content (AvgIpc) is 3.09. The largest absolute Gasteiger partial charge is 0.334 e. The number of benzene rings is 1. The molecule has 0 radical (unpaired) electrons. The number of hydrogen-bond acceptors (Lipinski definition) is 4. The minimum absolute atomic E-state index is 0.569. The van der Waals surface area contributed by atoms with Crippen LogP contribution in [0.25, 0.3) is 11.5 Å². The van der Waals surface area contributed by atoms with Gasteiger partial charge in [0.05, 0.1) is 6.54 Å². The highest BCUT2D eigenvalue weighted by atomic mass is 16.5. The van der Waals surface area contributed by atoms with Crippen LogP contribution in [0.5, 0.6) is 0 Å². The number of nitrogens with zero attached hydrogens (tertiary/aromatic N) is 4. The molecule has 5 nitrogen and oxygen atoms in total. The van der Waals surface area contributed by atoms with Crippen molar-refractivity contribution in [3.8, 4) is 11.5 Å². The molecule has 0 N–H and O–H groups in total. The summed E-state index contributed by atoms with van der Waals surface area (Å²) in [6.45, 7) is 2.73. The van der Waals surface area contributed by atoms with Gasteiger partial charge in [-0.1, -0.05) is 24.2 Å². The zero-order valence-corrected chi connectivity index (χ0v) is 10.7. The van der Waals surface area contributed by atoms with Crippen LogP contribution >= 0.6 is 0 Å². The molecular weight excluding hydrogens is 240 g/mol. The van der Waals surface area contributed by atoms with Crippen molar-refractivity contribution in [3.05, 3.63) is 54.1 Å². The summed E-state index contributed by atoms with van der Waals surface area (Å²) in [6.07, 6.45) is 4.49. The van der Waals surface area contributed by atoms with Gasteiger partial charge in [-0.3, -0.25) is 4.68 Å². The van der Waals surface area contributed by atoms with E-state index in [1.807, 2.05) is 36.0 Å². The Morgan fingerprint density at radius 3 is 2.95 bits per heavy atom. The second-order valence-electron chi connectivity index (χ2n) is 4.27. The predicted octanol–water partition coefficient (Wildman–Crippen LogP) is 2.54. The molecule has 0 bridgehead atoms. The van der Waals surface area contributed by atoms with Gasteiger partial charge in [-0.25, -0.2) is 0 Å². The Labute approximate surface area is 110 Å². The number of aryl methyl sites for hydroxylation is 1. The average molecular weight is 254 g/mol. The molecule has 0 unspecified atom stereocenters. The molecule has 0 aliphatic rings. The van der Waals surface area contributed by atoms with Crippen LogP contribution < -0.4 is 0 Å². The predicted molar refractivity (Wildman–Crippen MR) is 70.4 cm³/mol. The van der Waals surface area contributed by atoms with Gasteiger partial charge in [-0.05, 0) is 23.8 Å². The van der Waals surface area contributed by atoms with Crippen LogP contribution in [0.15, 0.2) is 47.2 Å². The third kappa shape index (κ3) is 2.54. The monoisotopic (exact) mass is 254 g/mol. The standard InChI is InChI=1S/C14H14N4O/c1-2-13-16-14(19-17-13)12-6-3-5-11(9-12)10-18-8-4-7-15-18/h3-9H,2,10H2,1H3. The molecule has 0 aliphatic carbocycles. The van der Waals surface area contributed by atoms with Crippen molar-refractivity contribution >= 4 is 0 Å². The van der Waals surface area contributed by atoms with Gasteiger partial charge in [0.15, 0.2) is 5.82 Å². The van der Waals surface area contributed by atoms with Gasteiger partial charge >= 0.3 is 0 Å². The lowest BCUT2D eigenvalue weighted by molar-refractivity contribution is 0.423. The summed E-state index contributed by atoms with van der Waals surface area (Å²) in [5.74, 6) is 1.30. The zero-order chi connectivity index (χ0) is 13.1. The Morgan fingerprint density at radius 1 is 1.26 bits per heavy atom. The highest BCUT2D eigenvalue weighted by Gasteiger charge is 2.08. The third-order valence-electron chi connectivity index (χ3n) is 2.86. The quantitative estimate of drug-likeness (QED) is 0.718. The van der Waals surface area contributed by atoms with E-state index in [1.54, 1.807) is 6.20 Å². The molecule has 19 heavy (non-hydrogen) atoms. The SMILES string of the molecule is CCc1noc(-c2cccc(Cn3cccn3)c2)n1. The molecule has 0 atom stereocenters. The summed E-state index contributed by atoms with van der Waals surface area (Å²) in [4.78, 5) is 4.34. The van der Waals surface area contributed by atoms with Gasteiger partial charge in [-0.15, -0.1) is 0 Å². The number of rotatable bonds is 4. The number of aromatic nitrogens is 4. The fourth-order valence-corrected chi connectivity index (χ4v) is 1.90. The van der Waals surface area contributed by atoms with E-state index in [2.05, 4.69) is 27.4 Å². The molecule has 0 aliphatic heterocycles. The maximum atomic E-state index is 5.25. The van der Waals surface area contributed by atoms with Crippen molar-refractivity contribution in [1.29, 1.82) is 0 Å². The van der Waals surface area contributed by atoms with E-state index in [0.717, 1.165) is 29.9 Å². The first kappa shape index (κ1) is 11.6. The minimum Gasteiger partial charge on any atom is -0.334 e. The molecule has 3 aromatic rings. The summed E-state index contributed by atoms with van der Waals surface area (Å²) in [5.41, 5.74) is 2.09. The first-order valence-electron chi connectivity index (χ1n) is 6.24. The molecule has 0 amide bonds. The zero-order valence-electron chi connectivity index (χ0n) is 10.7. The van der Waals surface area contributed by atoms with Gasteiger partial charge < -0.3 is 4.52 Å². The summed E-state index contributed by atoms with van der Waals surface area (Å²) in [7, 11) is 0. The van der Waals surface area contributed by atoms with Crippen LogP contribution in [0.2, 0.25) is 0 Å². The van der Waals surface area contributed by atoms with Crippen LogP contribution in [0.3, 0.4) is 0 Å². The fourth-order valence-electron chi connectivity index (χ4n) is 1.90. The Bertz CT molecular complexity index is 658. The Balaban J connectivity index is 1.87. The van der Waals surface area contributed by atoms with E-state index in [0.29, 0.717) is 5.89 Å². The van der Waals surface area contributed by atoms with E-state index in [4.69, 9.17) is 4.52 Å². The molecule has 5 heteroatoms. The minimum atomic E-state index is 0.569. The fraction of sp³-hybridized carbons (Fsp3) is 0.214. The summed E-state index contributed by atoms with van der Waals surface area (Å²) in [5, 5.41) is 8.11. The van der Waals surface area contributed by atoms with Gasteiger partial charge in [0.25, 0.3) is 5.89 Å². The lowest BCUT2D eigenvalue weighted by Crippen LogP contribution is -1.99. The van der Waals surface area contributed by atoms with Gasteiger partial charge in [-0.2, -0.15) is 10.1 Å². The van der Waals surface area contributed by atoms with Crippen molar-refractivity contribution < 1.29 is 4.52 Å². The van der Waals surface area contributed by atoms with Crippen molar-refractivity contribution in [3.63, 3.8) is 0 Å². The molecule has 0 saturated heterocycles. The lowest BCUT2D eigenvalue weighted by atomic mass is 10.1. The van der Waals surface area contributed by atoms with E-state index in [1.165, 1.54) is 0 Å². The van der Waals surface area contributed by atoms with Crippen LogP contribution in [-0.2, 0) is 13.0 Å². The van der Waals surface area contributed by atoms with Crippen LogP contribution in [0.1, 0.15) is 18.3 Å². The summed E-state index contributed by atoms with van der Waals surface area (Å²) in [6, 6.07) is 9.98. The molecule has 2 heterocycles. The Kier molecular flexibility index (Phi) is 3.10. The summed E-state index contributed by atoms with van der Waals surface area (Å²) < 4.78 is 7.13. The Hall–Kier alpha value is -2.43. The van der Waals surface area contributed by atoms with E-state index < -0.39 is 0 Å². The van der Waals surface area contributed by atoms with E-state index in [9.17, 15) is 0 Å². The van der Waals surface area contributed by atoms with Crippen LogP contribution in [0, 0.1) is 0 Å². The summed E-state index contributed by atoms with van der Waals surface area (Å²) >= 11 is 0.